The number of hydrogen-bond donors (Lipinski definition) is 1. The largest absolute Gasteiger partial charge is 0.399 e. The topological polar surface area (TPSA) is 29.3 Å². The van der Waals surface area contributed by atoms with Gasteiger partial charge in [-0.05, 0) is 46.7 Å². The Labute approximate surface area is 102 Å². The van der Waals surface area contributed by atoms with Crippen molar-refractivity contribution in [1.82, 2.24) is 4.90 Å². The Morgan fingerprint density at radius 3 is 2.82 bits per heavy atom. The molecule has 1 heterocycles. The van der Waals surface area contributed by atoms with Crippen LogP contribution in [-0.4, -0.2) is 18.5 Å². The summed E-state index contributed by atoms with van der Waals surface area (Å²) in [5.74, 6) is 0. The van der Waals surface area contributed by atoms with Crippen LogP contribution in [0.2, 0.25) is 0 Å². The van der Waals surface area contributed by atoms with Crippen LogP contribution in [0.15, 0.2) is 36.0 Å². The van der Waals surface area contributed by atoms with Crippen molar-refractivity contribution in [2.75, 3.05) is 19.3 Å². The number of nitrogens with two attached hydrogens (primary N) is 1. The summed E-state index contributed by atoms with van der Waals surface area (Å²) in [5.41, 5.74) is 12.5. The van der Waals surface area contributed by atoms with Gasteiger partial charge in [0.05, 0.1) is 0 Å². The van der Waals surface area contributed by atoms with E-state index in [0.29, 0.717) is 0 Å². The van der Waals surface area contributed by atoms with Gasteiger partial charge in [0.15, 0.2) is 0 Å². The summed E-state index contributed by atoms with van der Waals surface area (Å²) in [5, 5.41) is 0. The van der Waals surface area contributed by atoms with Crippen LogP contribution in [0.4, 0.5) is 5.69 Å². The Bertz CT molecular complexity index is 550. The van der Waals surface area contributed by atoms with Crippen LogP contribution in [0.25, 0.3) is 5.57 Å². The number of likely N-dealkylation sites (N-methyl/N-ethyl adjacent to an activating group) is 1. The maximum absolute atomic E-state index is 5.92. The molecule has 1 aromatic carbocycles. The van der Waals surface area contributed by atoms with Crippen molar-refractivity contribution in [3.05, 3.63) is 47.2 Å². The molecule has 0 aromatic heterocycles. The highest BCUT2D eigenvalue weighted by Gasteiger charge is 2.37. The number of nitrogens with zero attached hydrogens (tertiary/aromatic N) is 1. The van der Waals surface area contributed by atoms with Gasteiger partial charge in [-0.1, -0.05) is 19.9 Å². The lowest BCUT2D eigenvalue weighted by Crippen LogP contribution is -2.21. The van der Waals surface area contributed by atoms with Gasteiger partial charge in [0.1, 0.15) is 0 Å². The average Bonchev–Trinajstić information content (AvgIpc) is 2.47. The van der Waals surface area contributed by atoms with E-state index in [4.69, 9.17) is 5.73 Å². The molecular formula is C15H18N2. The van der Waals surface area contributed by atoms with Crippen molar-refractivity contribution >= 4 is 11.3 Å². The fraction of sp³-hybridized carbons (Fsp3) is 0.333. The van der Waals surface area contributed by atoms with Gasteiger partial charge in [-0.15, -0.1) is 0 Å². The van der Waals surface area contributed by atoms with Gasteiger partial charge in [-0.2, -0.15) is 0 Å². The molecule has 17 heavy (non-hydrogen) atoms. The Hall–Kier alpha value is -1.70. The minimum absolute atomic E-state index is 0.107. The smallest absolute Gasteiger partial charge is 0.0429 e. The van der Waals surface area contributed by atoms with Crippen LogP contribution in [0.5, 0.6) is 0 Å². The van der Waals surface area contributed by atoms with Crippen molar-refractivity contribution in [1.29, 1.82) is 0 Å². The van der Waals surface area contributed by atoms with E-state index in [2.05, 4.69) is 50.2 Å². The van der Waals surface area contributed by atoms with Crippen LogP contribution in [0.1, 0.15) is 25.0 Å². The molecule has 2 aliphatic rings. The number of allylic oxidation sites excluding steroid dienone is 2. The fourth-order valence-electron chi connectivity index (χ4n) is 3.01. The summed E-state index contributed by atoms with van der Waals surface area (Å²) in [4.78, 5) is 2.22. The zero-order valence-corrected chi connectivity index (χ0v) is 10.6. The molecule has 1 aliphatic heterocycles. The number of hydrogen-bond acceptors (Lipinski definition) is 2. The zero-order chi connectivity index (χ0) is 12.2. The zero-order valence-electron chi connectivity index (χ0n) is 10.6. The molecule has 0 saturated carbocycles. The molecule has 2 N–H and O–H groups in total. The quantitative estimate of drug-likeness (QED) is 0.689. The maximum atomic E-state index is 5.92. The van der Waals surface area contributed by atoms with Gasteiger partial charge >= 0.3 is 0 Å². The van der Waals surface area contributed by atoms with Gasteiger partial charge in [0.2, 0.25) is 0 Å². The van der Waals surface area contributed by atoms with Gasteiger partial charge in [-0.3, -0.25) is 0 Å². The predicted octanol–water partition coefficient (Wildman–Crippen LogP) is 2.77. The SMILES string of the molecule is CN1C=CC2=C(C1)c1cc(N)ccc1C2(C)C. The molecule has 0 radical (unpaired) electrons. The molecule has 2 nitrogen and oxygen atoms in total. The number of rotatable bonds is 0. The van der Waals surface area contributed by atoms with Crippen molar-refractivity contribution in [3.8, 4) is 0 Å². The second-order valence-corrected chi connectivity index (χ2v) is 5.55. The third-order valence-electron chi connectivity index (χ3n) is 3.94. The van der Waals surface area contributed by atoms with Crippen LogP contribution in [0.3, 0.4) is 0 Å². The molecular weight excluding hydrogens is 208 g/mol. The summed E-state index contributed by atoms with van der Waals surface area (Å²) in [7, 11) is 2.11. The molecule has 1 aliphatic carbocycles. The van der Waals surface area contributed by atoms with Crippen molar-refractivity contribution < 1.29 is 0 Å². The molecule has 1 aromatic rings. The number of nitrogen functional groups attached to an aromatic ring is 1. The summed E-state index contributed by atoms with van der Waals surface area (Å²) in [6.45, 7) is 5.56. The summed E-state index contributed by atoms with van der Waals surface area (Å²) in [6.07, 6.45) is 4.41. The minimum atomic E-state index is 0.107. The van der Waals surface area contributed by atoms with Crippen LogP contribution >= 0.6 is 0 Å². The average molecular weight is 226 g/mol. The van der Waals surface area contributed by atoms with E-state index in [1.54, 1.807) is 0 Å². The highest BCUT2D eigenvalue weighted by Crippen LogP contribution is 2.48. The maximum Gasteiger partial charge on any atom is 0.0429 e. The number of fused-ring (bicyclic) bond motifs is 2. The van der Waals surface area contributed by atoms with E-state index in [9.17, 15) is 0 Å². The summed E-state index contributed by atoms with van der Waals surface area (Å²) in [6, 6.07) is 6.30. The minimum Gasteiger partial charge on any atom is -0.399 e. The molecule has 3 rings (SSSR count). The Kier molecular flexibility index (Phi) is 1.94. The van der Waals surface area contributed by atoms with Crippen LogP contribution < -0.4 is 5.73 Å². The van der Waals surface area contributed by atoms with E-state index in [0.717, 1.165) is 12.2 Å². The highest BCUT2D eigenvalue weighted by atomic mass is 15.1. The van der Waals surface area contributed by atoms with Crippen LogP contribution in [0, 0.1) is 0 Å². The first-order chi connectivity index (χ1) is 8.00. The molecule has 88 valence electrons. The van der Waals surface area contributed by atoms with Crippen molar-refractivity contribution in [2.24, 2.45) is 0 Å². The van der Waals surface area contributed by atoms with E-state index in [1.165, 1.54) is 22.3 Å². The van der Waals surface area contributed by atoms with Gasteiger partial charge in [-0.25, -0.2) is 0 Å². The highest BCUT2D eigenvalue weighted by molar-refractivity contribution is 5.85. The first-order valence-corrected chi connectivity index (χ1v) is 6.02. The Morgan fingerprint density at radius 1 is 1.29 bits per heavy atom. The number of benzene rings is 1. The lowest BCUT2D eigenvalue weighted by Gasteiger charge is -2.26. The molecule has 0 amide bonds. The summed E-state index contributed by atoms with van der Waals surface area (Å²) < 4.78 is 0. The van der Waals surface area contributed by atoms with Gasteiger partial charge < -0.3 is 10.6 Å². The number of anilines is 1. The first kappa shape index (κ1) is 10.5. The standard InChI is InChI=1S/C15H18N2/c1-15(2)13-5-4-10(16)8-11(13)12-9-17(3)7-6-14(12)15/h4-8H,9,16H2,1-3H3. The fourth-order valence-corrected chi connectivity index (χ4v) is 3.01. The van der Waals surface area contributed by atoms with Gasteiger partial charge in [0, 0.05) is 24.7 Å². The predicted molar refractivity (Wildman–Crippen MR) is 72.6 cm³/mol. The lowest BCUT2D eigenvalue weighted by molar-refractivity contribution is 0.506. The molecule has 0 saturated heterocycles. The van der Waals surface area contributed by atoms with E-state index < -0.39 is 0 Å². The van der Waals surface area contributed by atoms with Crippen molar-refractivity contribution in [3.63, 3.8) is 0 Å². The second-order valence-electron chi connectivity index (χ2n) is 5.55. The normalized spacial score (nSPS) is 20.5. The molecule has 0 fully saturated rings. The van der Waals surface area contributed by atoms with E-state index in [-0.39, 0.29) is 5.41 Å². The lowest BCUT2D eigenvalue weighted by atomic mass is 9.81. The first-order valence-electron chi connectivity index (χ1n) is 6.02. The van der Waals surface area contributed by atoms with E-state index >= 15 is 0 Å². The molecule has 0 spiro atoms. The van der Waals surface area contributed by atoms with Crippen molar-refractivity contribution in [2.45, 2.75) is 19.3 Å². The second kappa shape index (κ2) is 3.16. The monoisotopic (exact) mass is 226 g/mol. The Balaban J connectivity index is 2.25. The summed E-state index contributed by atoms with van der Waals surface area (Å²) >= 11 is 0. The third-order valence-corrected chi connectivity index (χ3v) is 3.94. The molecule has 0 atom stereocenters. The third kappa shape index (κ3) is 1.33. The molecule has 0 bridgehead atoms. The molecule has 2 heteroatoms. The Morgan fingerprint density at radius 2 is 2.06 bits per heavy atom. The van der Waals surface area contributed by atoms with E-state index in [1.807, 2.05) is 6.07 Å². The van der Waals surface area contributed by atoms with Crippen LogP contribution in [-0.2, 0) is 5.41 Å². The molecule has 0 unspecified atom stereocenters. The van der Waals surface area contributed by atoms with Gasteiger partial charge in [0.25, 0.3) is 0 Å².